The summed E-state index contributed by atoms with van der Waals surface area (Å²) in [6.45, 7) is 4.43. The van der Waals surface area contributed by atoms with Gasteiger partial charge in [-0.15, -0.1) is 0 Å². The first kappa shape index (κ1) is 13.9. The molecule has 0 radical (unpaired) electrons. The Hall–Kier alpha value is -1.55. The minimum absolute atomic E-state index is 0.354. The molecule has 0 spiro atoms. The van der Waals surface area contributed by atoms with Crippen LogP contribution in [-0.4, -0.2) is 11.4 Å². The van der Waals surface area contributed by atoms with E-state index >= 15 is 0 Å². The van der Waals surface area contributed by atoms with Crippen LogP contribution in [0, 0.1) is 13.8 Å². The molecule has 2 rings (SSSR count). The van der Waals surface area contributed by atoms with Crippen molar-refractivity contribution in [2.24, 2.45) is 0 Å². The fraction of sp³-hybridized carbons (Fsp3) is 0.333. The number of phenols is 1. The minimum atomic E-state index is 0.354. The van der Waals surface area contributed by atoms with Crippen LogP contribution in [-0.2, 0) is 12.3 Å². The molecule has 1 aromatic heterocycles. The maximum Gasteiger partial charge on any atom is 0.123 e. The van der Waals surface area contributed by atoms with Crippen LogP contribution in [0.25, 0.3) is 0 Å². The summed E-state index contributed by atoms with van der Waals surface area (Å²) in [5.41, 5.74) is 2.70. The van der Waals surface area contributed by atoms with Gasteiger partial charge in [-0.05, 0) is 43.9 Å². The van der Waals surface area contributed by atoms with E-state index in [0.29, 0.717) is 12.3 Å². The van der Waals surface area contributed by atoms with Crippen LogP contribution in [0.1, 0.15) is 22.6 Å². The maximum atomic E-state index is 9.89. The third-order valence-corrected chi connectivity index (χ3v) is 3.66. The van der Waals surface area contributed by atoms with E-state index < -0.39 is 0 Å². The molecule has 4 heteroatoms. The second-order valence-electron chi connectivity index (χ2n) is 4.56. The van der Waals surface area contributed by atoms with Crippen molar-refractivity contribution in [3.63, 3.8) is 0 Å². The van der Waals surface area contributed by atoms with Gasteiger partial charge < -0.3 is 14.8 Å². The minimum Gasteiger partial charge on any atom is -0.507 e. The molecule has 0 atom stereocenters. The zero-order valence-electron chi connectivity index (χ0n) is 11.5. The normalized spacial score (nSPS) is 10.7. The van der Waals surface area contributed by atoms with Gasteiger partial charge in [-0.25, -0.2) is 0 Å². The lowest BCUT2D eigenvalue weighted by Crippen LogP contribution is -2.00. The number of thioether (sulfide) groups is 1. The Kier molecular flexibility index (Phi) is 4.43. The molecule has 1 aromatic carbocycles. The van der Waals surface area contributed by atoms with Crippen LogP contribution < -0.4 is 5.32 Å². The van der Waals surface area contributed by atoms with Crippen molar-refractivity contribution in [2.75, 3.05) is 11.6 Å². The molecule has 0 saturated carbocycles. The van der Waals surface area contributed by atoms with E-state index in [2.05, 4.69) is 11.6 Å². The fourth-order valence-electron chi connectivity index (χ4n) is 1.95. The summed E-state index contributed by atoms with van der Waals surface area (Å²) in [7, 11) is 0. The number of hydrogen-bond donors (Lipinski definition) is 2. The maximum absolute atomic E-state index is 9.89. The van der Waals surface area contributed by atoms with Crippen molar-refractivity contribution >= 4 is 17.4 Å². The highest BCUT2D eigenvalue weighted by Gasteiger charge is 2.07. The Morgan fingerprint density at radius 1 is 1.16 bits per heavy atom. The highest BCUT2D eigenvalue weighted by Crippen LogP contribution is 2.28. The van der Waals surface area contributed by atoms with Gasteiger partial charge in [-0.3, -0.25) is 0 Å². The number of benzene rings is 1. The summed E-state index contributed by atoms with van der Waals surface area (Å²) in [5.74, 6) is 3.15. The van der Waals surface area contributed by atoms with Gasteiger partial charge in [0.25, 0.3) is 0 Å². The number of aromatic hydroxyl groups is 1. The Morgan fingerprint density at radius 3 is 2.63 bits per heavy atom. The number of rotatable bonds is 5. The Bertz CT molecular complexity index is 563. The lowest BCUT2D eigenvalue weighted by Gasteiger charge is -2.11. The van der Waals surface area contributed by atoms with Crippen LogP contribution in [0.2, 0.25) is 0 Å². The zero-order valence-corrected chi connectivity index (χ0v) is 12.3. The van der Waals surface area contributed by atoms with Crippen molar-refractivity contribution in [3.8, 4) is 5.75 Å². The lowest BCUT2D eigenvalue weighted by atomic mass is 10.1. The van der Waals surface area contributed by atoms with E-state index in [1.807, 2.05) is 38.1 Å². The number of furan rings is 1. The van der Waals surface area contributed by atoms with Gasteiger partial charge in [0.05, 0.1) is 12.3 Å². The molecule has 2 N–H and O–H groups in total. The van der Waals surface area contributed by atoms with E-state index in [9.17, 15) is 5.11 Å². The van der Waals surface area contributed by atoms with Gasteiger partial charge in [0.1, 0.15) is 17.3 Å². The van der Waals surface area contributed by atoms with Crippen LogP contribution in [0.3, 0.4) is 0 Å². The smallest absolute Gasteiger partial charge is 0.123 e. The molecule has 0 aliphatic rings. The van der Waals surface area contributed by atoms with E-state index in [1.165, 1.54) is 0 Å². The lowest BCUT2D eigenvalue weighted by molar-refractivity contribution is 0.467. The van der Waals surface area contributed by atoms with Crippen LogP contribution in [0.15, 0.2) is 28.7 Å². The zero-order chi connectivity index (χ0) is 13.8. The third-order valence-electron chi connectivity index (χ3n) is 3.09. The van der Waals surface area contributed by atoms with Crippen molar-refractivity contribution in [3.05, 3.63) is 46.9 Å². The summed E-state index contributed by atoms with van der Waals surface area (Å²) in [6, 6.07) is 7.89. The molecule has 0 aliphatic carbocycles. The van der Waals surface area contributed by atoms with Gasteiger partial charge in [-0.1, -0.05) is 6.07 Å². The molecule has 0 fully saturated rings. The number of aryl methyl sites for hydroxylation is 1. The SMILES string of the molecule is CSCc1ccc(CNc2ccc(C)c(O)c2C)o1. The van der Waals surface area contributed by atoms with Crippen molar-refractivity contribution < 1.29 is 9.52 Å². The van der Waals surface area contributed by atoms with Gasteiger partial charge in [0.2, 0.25) is 0 Å². The highest BCUT2D eigenvalue weighted by atomic mass is 32.2. The topological polar surface area (TPSA) is 45.4 Å². The van der Waals surface area contributed by atoms with Crippen molar-refractivity contribution in [1.82, 2.24) is 0 Å². The van der Waals surface area contributed by atoms with Crippen LogP contribution in [0.4, 0.5) is 5.69 Å². The molecule has 3 nitrogen and oxygen atoms in total. The number of phenolic OH excluding ortho intramolecular Hbond substituents is 1. The molecule has 0 aliphatic heterocycles. The third kappa shape index (κ3) is 3.26. The second kappa shape index (κ2) is 6.06. The average molecular weight is 277 g/mol. The number of nitrogens with one attached hydrogen (secondary N) is 1. The van der Waals surface area contributed by atoms with Gasteiger partial charge in [0.15, 0.2) is 0 Å². The molecule has 2 aromatic rings. The molecule has 1 heterocycles. The molecule has 102 valence electrons. The predicted octanol–water partition coefficient (Wildman–Crippen LogP) is 4.08. The monoisotopic (exact) mass is 277 g/mol. The Labute approximate surface area is 118 Å². The molecule has 0 bridgehead atoms. The van der Waals surface area contributed by atoms with Crippen molar-refractivity contribution in [1.29, 1.82) is 0 Å². The number of anilines is 1. The van der Waals surface area contributed by atoms with Gasteiger partial charge in [0, 0.05) is 11.3 Å². The second-order valence-corrected chi connectivity index (χ2v) is 5.42. The molecule has 0 saturated heterocycles. The first-order valence-corrected chi connectivity index (χ1v) is 7.60. The summed E-state index contributed by atoms with van der Waals surface area (Å²) < 4.78 is 5.69. The van der Waals surface area contributed by atoms with E-state index in [0.717, 1.165) is 34.1 Å². The molecular weight excluding hydrogens is 258 g/mol. The van der Waals surface area contributed by atoms with Crippen LogP contribution in [0.5, 0.6) is 5.75 Å². The van der Waals surface area contributed by atoms with E-state index in [-0.39, 0.29) is 0 Å². The Morgan fingerprint density at radius 2 is 1.89 bits per heavy atom. The Balaban J connectivity index is 2.04. The summed E-state index contributed by atoms with van der Waals surface area (Å²) in [4.78, 5) is 0. The molecular formula is C15H19NO2S. The number of hydrogen-bond acceptors (Lipinski definition) is 4. The largest absolute Gasteiger partial charge is 0.507 e. The first-order chi connectivity index (χ1) is 9.11. The van der Waals surface area contributed by atoms with Crippen LogP contribution >= 0.6 is 11.8 Å². The highest BCUT2D eigenvalue weighted by molar-refractivity contribution is 7.97. The summed E-state index contributed by atoms with van der Waals surface area (Å²) >= 11 is 1.74. The summed E-state index contributed by atoms with van der Waals surface area (Å²) in [6.07, 6.45) is 2.05. The molecule has 0 unspecified atom stereocenters. The van der Waals surface area contributed by atoms with Gasteiger partial charge in [-0.2, -0.15) is 11.8 Å². The molecule has 0 amide bonds. The summed E-state index contributed by atoms with van der Waals surface area (Å²) in [5, 5.41) is 13.2. The molecule has 19 heavy (non-hydrogen) atoms. The quantitative estimate of drug-likeness (QED) is 0.864. The fourth-order valence-corrected chi connectivity index (χ4v) is 2.39. The van der Waals surface area contributed by atoms with E-state index in [1.54, 1.807) is 11.8 Å². The first-order valence-electron chi connectivity index (χ1n) is 6.21. The average Bonchev–Trinajstić information content (AvgIpc) is 2.83. The van der Waals surface area contributed by atoms with E-state index in [4.69, 9.17) is 4.42 Å². The van der Waals surface area contributed by atoms with Gasteiger partial charge >= 0.3 is 0 Å². The standard InChI is InChI=1S/C15H19NO2S/c1-10-4-7-14(11(2)15(10)17)16-8-12-5-6-13(18-12)9-19-3/h4-7,16-17H,8-9H2,1-3H3. The van der Waals surface area contributed by atoms with Crippen molar-refractivity contribution in [2.45, 2.75) is 26.1 Å². The predicted molar refractivity (Wildman–Crippen MR) is 80.8 cm³/mol.